The molecule has 2 aliphatic heterocycles. The molecule has 3 heterocycles. The van der Waals surface area contributed by atoms with Crippen LogP contribution in [0.4, 0.5) is 17.2 Å². The summed E-state index contributed by atoms with van der Waals surface area (Å²) in [5.74, 6) is 1.70. The van der Waals surface area contributed by atoms with E-state index in [2.05, 4.69) is 46.4 Å². The lowest BCUT2D eigenvalue weighted by atomic mass is 9.99. The minimum atomic E-state index is 0.0963. The fourth-order valence-electron chi connectivity index (χ4n) is 4.04. The third-order valence-electron chi connectivity index (χ3n) is 5.94. The van der Waals surface area contributed by atoms with Crippen molar-refractivity contribution in [3.05, 3.63) is 48.2 Å². The van der Waals surface area contributed by atoms with Crippen molar-refractivity contribution in [2.24, 2.45) is 5.92 Å². The third kappa shape index (κ3) is 4.46. The van der Waals surface area contributed by atoms with E-state index in [1.165, 1.54) is 24.9 Å². The fourth-order valence-corrected chi connectivity index (χ4v) is 4.04. The molecule has 0 spiro atoms. The lowest BCUT2D eigenvalue weighted by Crippen LogP contribution is -2.35. The molecule has 5 nitrogen and oxygen atoms in total. The zero-order valence-electron chi connectivity index (χ0n) is 16.7. The van der Waals surface area contributed by atoms with Gasteiger partial charge in [-0.25, -0.2) is 4.98 Å². The minimum absolute atomic E-state index is 0.0963. The molecule has 1 aromatic heterocycles. The highest BCUT2D eigenvalue weighted by atomic mass is 16.2. The standard InChI is InChI=1S/C23H30N4O/c1-18-11-15-26(16-12-18)21-8-6-20(7-9-21)25-22-10-5-19(17-24-22)23(28)27-13-3-2-4-14-27/h5-10,17-18H,2-4,11-16H2,1H3,(H,24,25). The molecule has 148 valence electrons. The maximum Gasteiger partial charge on any atom is 0.255 e. The van der Waals surface area contributed by atoms with Gasteiger partial charge in [-0.15, -0.1) is 0 Å². The highest BCUT2D eigenvalue weighted by Gasteiger charge is 2.18. The van der Waals surface area contributed by atoms with Gasteiger partial charge >= 0.3 is 0 Å². The van der Waals surface area contributed by atoms with Crippen LogP contribution in [0.15, 0.2) is 42.6 Å². The average molecular weight is 379 g/mol. The first-order valence-corrected chi connectivity index (χ1v) is 10.6. The van der Waals surface area contributed by atoms with Crippen LogP contribution in [0, 0.1) is 5.92 Å². The number of aromatic nitrogens is 1. The smallest absolute Gasteiger partial charge is 0.255 e. The van der Waals surface area contributed by atoms with E-state index in [0.29, 0.717) is 5.56 Å². The molecule has 2 aliphatic rings. The molecule has 0 bridgehead atoms. The second-order valence-electron chi connectivity index (χ2n) is 8.13. The molecular formula is C23H30N4O. The van der Waals surface area contributed by atoms with E-state index in [9.17, 15) is 4.79 Å². The number of hydrogen-bond acceptors (Lipinski definition) is 4. The number of nitrogens with zero attached hydrogens (tertiary/aromatic N) is 3. The second kappa shape index (κ2) is 8.63. The number of anilines is 3. The zero-order chi connectivity index (χ0) is 19.3. The maximum atomic E-state index is 12.5. The van der Waals surface area contributed by atoms with E-state index < -0.39 is 0 Å². The quantitative estimate of drug-likeness (QED) is 0.839. The Balaban J connectivity index is 1.35. The van der Waals surface area contributed by atoms with Crippen molar-refractivity contribution < 1.29 is 4.79 Å². The molecule has 1 amide bonds. The van der Waals surface area contributed by atoms with Gasteiger partial charge in [0.05, 0.1) is 5.56 Å². The van der Waals surface area contributed by atoms with Gasteiger partial charge in [0.25, 0.3) is 5.91 Å². The molecule has 2 aromatic rings. The fraction of sp³-hybridized carbons (Fsp3) is 0.478. The van der Waals surface area contributed by atoms with E-state index >= 15 is 0 Å². The number of piperidine rings is 2. The molecule has 4 rings (SSSR count). The largest absolute Gasteiger partial charge is 0.372 e. The molecule has 0 saturated carbocycles. The van der Waals surface area contributed by atoms with Crippen LogP contribution in [-0.2, 0) is 0 Å². The summed E-state index contributed by atoms with van der Waals surface area (Å²) in [6.45, 7) is 6.34. The van der Waals surface area contributed by atoms with Crippen LogP contribution in [-0.4, -0.2) is 42.0 Å². The van der Waals surface area contributed by atoms with Crippen LogP contribution < -0.4 is 10.2 Å². The minimum Gasteiger partial charge on any atom is -0.372 e. The highest BCUT2D eigenvalue weighted by molar-refractivity contribution is 5.94. The van der Waals surface area contributed by atoms with Gasteiger partial charge in [0.1, 0.15) is 5.82 Å². The molecule has 0 unspecified atom stereocenters. The lowest BCUT2D eigenvalue weighted by molar-refractivity contribution is 0.0724. The summed E-state index contributed by atoms with van der Waals surface area (Å²) in [5, 5.41) is 3.33. The Hall–Kier alpha value is -2.56. The topological polar surface area (TPSA) is 48.5 Å². The first kappa shape index (κ1) is 18.8. The summed E-state index contributed by atoms with van der Waals surface area (Å²) >= 11 is 0. The van der Waals surface area contributed by atoms with Crippen molar-refractivity contribution in [1.82, 2.24) is 9.88 Å². The van der Waals surface area contributed by atoms with Gasteiger partial charge in [-0.1, -0.05) is 6.92 Å². The van der Waals surface area contributed by atoms with Gasteiger partial charge in [0, 0.05) is 43.8 Å². The maximum absolute atomic E-state index is 12.5. The normalized spacial score (nSPS) is 18.2. The molecule has 2 saturated heterocycles. The number of benzene rings is 1. The van der Waals surface area contributed by atoms with E-state index in [1.54, 1.807) is 6.20 Å². The number of carbonyl (C=O) groups excluding carboxylic acids is 1. The molecule has 1 aromatic carbocycles. The van der Waals surface area contributed by atoms with Crippen molar-refractivity contribution in [3.8, 4) is 0 Å². The Bertz CT molecular complexity index is 773. The van der Waals surface area contributed by atoms with Crippen molar-refractivity contribution in [3.63, 3.8) is 0 Å². The van der Waals surface area contributed by atoms with Gasteiger partial charge < -0.3 is 15.1 Å². The Kier molecular flexibility index (Phi) is 5.79. The molecule has 5 heteroatoms. The lowest BCUT2D eigenvalue weighted by Gasteiger charge is -2.32. The van der Waals surface area contributed by atoms with E-state index in [0.717, 1.165) is 56.4 Å². The Morgan fingerprint density at radius 3 is 2.32 bits per heavy atom. The van der Waals surface area contributed by atoms with E-state index in [4.69, 9.17) is 0 Å². The van der Waals surface area contributed by atoms with Gasteiger partial charge in [0.2, 0.25) is 0 Å². The molecule has 0 atom stereocenters. The van der Waals surface area contributed by atoms with E-state index in [1.807, 2.05) is 17.0 Å². The number of nitrogens with one attached hydrogen (secondary N) is 1. The summed E-state index contributed by atoms with van der Waals surface area (Å²) in [6.07, 6.45) is 7.65. The first-order chi connectivity index (χ1) is 13.7. The summed E-state index contributed by atoms with van der Waals surface area (Å²) in [7, 11) is 0. The van der Waals surface area contributed by atoms with Crippen molar-refractivity contribution >= 4 is 23.1 Å². The van der Waals surface area contributed by atoms with Crippen molar-refractivity contribution in [2.75, 3.05) is 36.4 Å². The molecule has 0 radical (unpaired) electrons. The second-order valence-corrected chi connectivity index (χ2v) is 8.13. The average Bonchev–Trinajstić information content (AvgIpc) is 2.76. The van der Waals surface area contributed by atoms with Crippen LogP contribution in [0.2, 0.25) is 0 Å². The Labute approximate surface area is 167 Å². The van der Waals surface area contributed by atoms with Crippen LogP contribution in [0.1, 0.15) is 49.4 Å². The molecule has 0 aliphatic carbocycles. The SMILES string of the molecule is CC1CCN(c2ccc(Nc3ccc(C(=O)N4CCCCC4)cn3)cc2)CC1. The molecular weight excluding hydrogens is 348 g/mol. The number of amides is 1. The monoisotopic (exact) mass is 378 g/mol. The molecule has 2 fully saturated rings. The van der Waals surface area contributed by atoms with Crippen LogP contribution in [0.25, 0.3) is 0 Å². The summed E-state index contributed by atoms with van der Waals surface area (Å²) < 4.78 is 0. The third-order valence-corrected chi connectivity index (χ3v) is 5.94. The van der Waals surface area contributed by atoms with Crippen LogP contribution in [0.5, 0.6) is 0 Å². The summed E-state index contributed by atoms with van der Waals surface area (Å²) in [6, 6.07) is 12.3. The Morgan fingerprint density at radius 2 is 1.68 bits per heavy atom. The van der Waals surface area contributed by atoms with Gasteiger partial charge in [-0.05, 0) is 74.4 Å². The molecule has 1 N–H and O–H groups in total. The Morgan fingerprint density at radius 1 is 0.964 bits per heavy atom. The molecule has 28 heavy (non-hydrogen) atoms. The summed E-state index contributed by atoms with van der Waals surface area (Å²) in [4.78, 5) is 21.4. The predicted octanol–water partition coefficient (Wildman–Crippen LogP) is 4.69. The number of likely N-dealkylation sites (tertiary alicyclic amines) is 1. The zero-order valence-corrected chi connectivity index (χ0v) is 16.7. The first-order valence-electron chi connectivity index (χ1n) is 10.6. The van der Waals surface area contributed by atoms with Crippen molar-refractivity contribution in [1.29, 1.82) is 0 Å². The highest BCUT2D eigenvalue weighted by Crippen LogP contribution is 2.25. The van der Waals surface area contributed by atoms with Gasteiger partial charge in [-0.3, -0.25) is 4.79 Å². The van der Waals surface area contributed by atoms with Crippen LogP contribution >= 0.6 is 0 Å². The number of rotatable bonds is 4. The number of carbonyl (C=O) groups is 1. The summed E-state index contributed by atoms with van der Waals surface area (Å²) in [5.41, 5.74) is 2.96. The number of hydrogen-bond donors (Lipinski definition) is 1. The van der Waals surface area contributed by atoms with Crippen molar-refractivity contribution in [2.45, 2.75) is 39.0 Å². The van der Waals surface area contributed by atoms with E-state index in [-0.39, 0.29) is 5.91 Å². The van der Waals surface area contributed by atoms with Gasteiger partial charge in [-0.2, -0.15) is 0 Å². The number of pyridine rings is 1. The van der Waals surface area contributed by atoms with Gasteiger partial charge in [0.15, 0.2) is 0 Å². The predicted molar refractivity (Wildman–Crippen MR) is 114 cm³/mol. The van der Waals surface area contributed by atoms with Crippen LogP contribution in [0.3, 0.4) is 0 Å².